The SMILES string of the molecule is CC(C)[C@H](OC(=O)c1ccc2c(c1)NC(=O)CS2)C(=O)N1CCCC1. The molecular weight excluding hydrogens is 340 g/mol. The third kappa shape index (κ3) is 3.98. The molecule has 1 atom stereocenters. The van der Waals surface area contributed by atoms with E-state index < -0.39 is 12.1 Å². The Labute approximate surface area is 151 Å². The van der Waals surface area contributed by atoms with Crippen molar-refractivity contribution in [2.45, 2.75) is 37.7 Å². The van der Waals surface area contributed by atoms with Gasteiger partial charge in [0.1, 0.15) is 0 Å². The van der Waals surface area contributed by atoms with E-state index in [0.717, 1.165) is 30.8 Å². The van der Waals surface area contributed by atoms with E-state index >= 15 is 0 Å². The lowest BCUT2D eigenvalue weighted by atomic mass is 10.1. The average molecular weight is 362 g/mol. The van der Waals surface area contributed by atoms with Crippen LogP contribution < -0.4 is 5.32 Å². The fraction of sp³-hybridized carbons (Fsp3) is 0.500. The number of carbonyl (C=O) groups is 3. The molecule has 6 nitrogen and oxygen atoms in total. The van der Waals surface area contributed by atoms with Crippen LogP contribution in [0.15, 0.2) is 23.1 Å². The second-order valence-electron chi connectivity index (χ2n) is 6.65. The molecule has 1 aromatic carbocycles. The van der Waals surface area contributed by atoms with Gasteiger partial charge in [-0.25, -0.2) is 4.79 Å². The summed E-state index contributed by atoms with van der Waals surface area (Å²) in [5, 5.41) is 2.76. The van der Waals surface area contributed by atoms with Gasteiger partial charge in [0.25, 0.3) is 5.91 Å². The number of nitrogens with one attached hydrogen (secondary N) is 1. The van der Waals surface area contributed by atoms with Crippen LogP contribution >= 0.6 is 11.8 Å². The van der Waals surface area contributed by atoms with Crippen molar-refractivity contribution in [1.29, 1.82) is 0 Å². The number of hydrogen-bond acceptors (Lipinski definition) is 5. The molecule has 0 aromatic heterocycles. The molecule has 3 rings (SSSR count). The maximum Gasteiger partial charge on any atom is 0.338 e. The highest BCUT2D eigenvalue weighted by Crippen LogP contribution is 2.32. The first-order valence-electron chi connectivity index (χ1n) is 8.52. The topological polar surface area (TPSA) is 75.7 Å². The maximum absolute atomic E-state index is 12.6. The van der Waals surface area contributed by atoms with E-state index in [4.69, 9.17) is 4.74 Å². The van der Waals surface area contributed by atoms with Gasteiger partial charge >= 0.3 is 5.97 Å². The second kappa shape index (κ2) is 7.47. The Morgan fingerprint density at radius 3 is 2.64 bits per heavy atom. The van der Waals surface area contributed by atoms with Crippen molar-refractivity contribution in [1.82, 2.24) is 4.90 Å². The van der Waals surface area contributed by atoms with E-state index in [1.807, 2.05) is 13.8 Å². The lowest BCUT2D eigenvalue weighted by Gasteiger charge is -2.26. The lowest BCUT2D eigenvalue weighted by Crippen LogP contribution is -2.42. The van der Waals surface area contributed by atoms with Gasteiger partial charge in [-0.2, -0.15) is 0 Å². The van der Waals surface area contributed by atoms with Crippen LogP contribution in [0.1, 0.15) is 37.0 Å². The van der Waals surface area contributed by atoms with Gasteiger partial charge in [0, 0.05) is 18.0 Å². The molecule has 0 radical (unpaired) electrons. The molecule has 0 bridgehead atoms. The molecule has 0 saturated carbocycles. The Bertz CT molecular complexity index is 698. The summed E-state index contributed by atoms with van der Waals surface area (Å²) in [6.45, 7) is 5.19. The summed E-state index contributed by atoms with van der Waals surface area (Å²) in [7, 11) is 0. The van der Waals surface area contributed by atoms with Gasteiger partial charge in [0.15, 0.2) is 6.10 Å². The van der Waals surface area contributed by atoms with Crippen LogP contribution in [-0.4, -0.2) is 47.6 Å². The van der Waals surface area contributed by atoms with Crippen molar-refractivity contribution in [3.05, 3.63) is 23.8 Å². The highest BCUT2D eigenvalue weighted by molar-refractivity contribution is 8.00. The monoisotopic (exact) mass is 362 g/mol. The standard InChI is InChI=1S/C18H22N2O4S/c1-11(2)16(17(22)20-7-3-4-8-20)24-18(23)12-5-6-14-13(9-12)19-15(21)10-25-14/h5-6,9,11,16H,3-4,7-8,10H2,1-2H3,(H,19,21)/t16-/m0/s1. The fourth-order valence-corrected chi connectivity index (χ4v) is 3.77. The molecule has 0 spiro atoms. The molecule has 7 heteroatoms. The van der Waals surface area contributed by atoms with Gasteiger partial charge in [-0.05, 0) is 37.0 Å². The van der Waals surface area contributed by atoms with Gasteiger partial charge < -0.3 is 15.0 Å². The zero-order chi connectivity index (χ0) is 18.0. The van der Waals surface area contributed by atoms with Gasteiger partial charge in [-0.3, -0.25) is 9.59 Å². The predicted octanol–water partition coefficient (Wildman–Crippen LogP) is 2.53. The van der Waals surface area contributed by atoms with E-state index in [9.17, 15) is 14.4 Å². The average Bonchev–Trinajstić information content (AvgIpc) is 3.12. The Kier molecular flexibility index (Phi) is 5.32. The molecule has 1 fully saturated rings. The molecular formula is C18H22N2O4S. The molecule has 134 valence electrons. The van der Waals surface area contributed by atoms with Crippen molar-refractivity contribution < 1.29 is 19.1 Å². The smallest absolute Gasteiger partial charge is 0.338 e. The van der Waals surface area contributed by atoms with E-state index in [1.165, 1.54) is 11.8 Å². The van der Waals surface area contributed by atoms with Crippen molar-refractivity contribution in [2.75, 3.05) is 24.2 Å². The Morgan fingerprint density at radius 2 is 1.96 bits per heavy atom. The Hall–Kier alpha value is -2.02. The van der Waals surface area contributed by atoms with Gasteiger partial charge in [0.05, 0.1) is 17.0 Å². The third-order valence-electron chi connectivity index (χ3n) is 4.35. The number of fused-ring (bicyclic) bond motifs is 1. The number of carbonyl (C=O) groups excluding carboxylic acids is 3. The molecule has 2 heterocycles. The quantitative estimate of drug-likeness (QED) is 0.833. The van der Waals surface area contributed by atoms with Crippen LogP contribution in [0.5, 0.6) is 0 Å². The fourth-order valence-electron chi connectivity index (χ4n) is 2.98. The minimum Gasteiger partial charge on any atom is -0.448 e. The van der Waals surface area contributed by atoms with Crippen LogP contribution in [0, 0.1) is 5.92 Å². The predicted molar refractivity (Wildman–Crippen MR) is 95.7 cm³/mol. The number of anilines is 1. The zero-order valence-electron chi connectivity index (χ0n) is 14.4. The van der Waals surface area contributed by atoms with E-state index in [-0.39, 0.29) is 17.7 Å². The summed E-state index contributed by atoms with van der Waals surface area (Å²) < 4.78 is 5.54. The van der Waals surface area contributed by atoms with Crippen LogP contribution in [0.4, 0.5) is 5.69 Å². The maximum atomic E-state index is 12.6. The van der Waals surface area contributed by atoms with E-state index in [2.05, 4.69) is 5.32 Å². The minimum absolute atomic E-state index is 0.0905. The van der Waals surface area contributed by atoms with Gasteiger partial charge in [-0.15, -0.1) is 11.8 Å². The molecule has 1 saturated heterocycles. The first-order valence-corrected chi connectivity index (χ1v) is 9.50. The number of hydrogen-bond donors (Lipinski definition) is 1. The van der Waals surface area contributed by atoms with E-state index in [1.54, 1.807) is 23.1 Å². The van der Waals surface area contributed by atoms with E-state index in [0.29, 0.717) is 17.0 Å². The van der Waals surface area contributed by atoms with Crippen LogP contribution in [0.3, 0.4) is 0 Å². The second-order valence-corrected chi connectivity index (χ2v) is 7.67. The number of thioether (sulfide) groups is 1. The van der Waals surface area contributed by atoms with Gasteiger partial charge in [0.2, 0.25) is 5.91 Å². The summed E-state index contributed by atoms with van der Waals surface area (Å²) >= 11 is 1.43. The number of esters is 1. The zero-order valence-corrected chi connectivity index (χ0v) is 15.2. The largest absolute Gasteiger partial charge is 0.448 e. The molecule has 1 aromatic rings. The molecule has 2 amide bonds. The normalized spacial score (nSPS) is 17.9. The molecule has 25 heavy (non-hydrogen) atoms. The first kappa shape index (κ1) is 17.8. The van der Waals surface area contributed by atoms with Crippen molar-refractivity contribution in [3.63, 3.8) is 0 Å². The summed E-state index contributed by atoms with van der Waals surface area (Å²) in [4.78, 5) is 39.4. The minimum atomic E-state index is -0.786. The van der Waals surface area contributed by atoms with Crippen molar-refractivity contribution in [3.8, 4) is 0 Å². The molecule has 1 N–H and O–H groups in total. The lowest BCUT2D eigenvalue weighted by molar-refractivity contribution is -0.141. The molecule has 2 aliphatic rings. The van der Waals surface area contributed by atoms with Gasteiger partial charge in [-0.1, -0.05) is 13.8 Å². The van der Waals surface area contributed by atoms with Crippen molar-refractivity contribution >= 4 is 35.2 Å². The van der Waals surface area contributed by atoms with Crippen LogP contribution in [0.2, 0.25) is 0 Å². The number of nitrogens with zero attached hydrogens (tertiary/aromatic N) is 1. The molecule has 2 aliphatic heterocycles. The summed E-state index contributed by atoms with van der Waals surface area (Å²) in [5.74, 6) is -0.491. The molecule has 0 unspecified atom stereocenters. The van der Waals surface area contributed by atoms with Crippen molar-refractivity contribution in [2.24, 2.45) is 5.92 Å². The Balaban J connectivity index is 1.74. The summed E-state index contributed by atoms with van der Waals surface area (Å²) in [6.07, 6.45) is 1.20. The van der Waals surface area contributed by atoms with Crippen LogP contribution in [0.25, 0.3) is 0 Å². The Morgan fingerprint density at radius 1 is 1.24 bits per heavy atom. The third-order valence-corrected chi connectivity index (χ3v) is 5.42. The number of rotatable bonds is 4. The number of benzene rings is 1. The summed E-state index contributed by atoms with van der Waals surface area (Å²) in [5.41, 5.74) is 0.948. The first-order chi connectivity index (χ1) is 12.0. The van der Waals surface area contributed by atoms with Crippen LogP contribution in [-0.2, 0) is 14.3 Å². The molecule has 0 aliphatic carbocycles. The number of ether oxygens (including phenoxy) is 1. The number of likely N-dealkylation sites (tertiary alicyclic amines) is 1. The highest BCUT2D eigenvalue weighted by atomic mass is 32.2. The summed E-state index contributed by atoms with van der Waals surface area (Å²) in [6, 6.07) is 5.07. The highest BCUT2D eigenvalue weighted by Gasteiger charge is 2.32. The number of amides is 2.